The average Bonchev–Trinajstić information content (AvgIpc) is 3.60. The molecule has 1 aliphatic carbocycles. The van der Waals surface area contributed by atoms with E-state index in [0.29, 0.717) is 0 Å². The van der Waals surface area contributed by atoms with Gasteiger partial charge in [-0.1, -0.05) is 196 Å². The van der Waals surface area contributed by atoms with Gasteiger partial charge in [0.1, 0.15) is 0 Å². The lowest BCUT2D eigenvalue weighted by Crippen LogP contribution is -2.15. The molecule has 0 heterocycles. The Balaban J connectivity index is 0.736. The largest absolute Gasteiger partial charge is 0.0610 e. The van der Waals surface area contributed by atoms with Crippen LogP contribution in [0, 0.1) is 0 Å². The number of hydrogen-bond acceptors (Lipinski definition) is 0. The fourth-order valence-electron chi connectivity index (χ4n) is 12.3. The highest BCUT2D eigenvalue weighted by Gasteiger charge is 2.36. The lowest BCUT2D eigenvalue weighted by atomic mass is 9.80. The molecule has 0 saturated carbocycles. The Kier molecular flexibility index (Phi) is 7.38. The summed E-state index contributed by atoms with van der Waals surface area (Å²) in [5.41, 5.74) is 15.4. The van der Waals surface area contributed by atoms with E-state index in [9.17, 15) is 0 Å². The summed E-state index contributed by atoms with van der Waals surface area (Å²) in [6, 6.07) is 82.8. The second kappa shape index (κ2) is 13.4. The highest BCUT2D eigenvalue weighted by Crippen LogP contribution is 2.51. The van der Waals surface area contributed by atoms with Crippen LogP contribution < -0.4 is 0 Å². The van der Waals surface area contributed by atoms with Gasteiger partial charge in [0.25, 0.3) is 0 Å². The third-order valence-corrected chi connectivity index (χ3v) is 15.7. The summed E-state index contributed by atoms with van der Waals surface area (Å²) < 4.78 is 0. The van der Waals surface area contributed by atoms with E-state index in [1.807, 2.05) is 0 Å². The lowest BCUT2D eigenvalue weighted by molar-refractivity contribution is 0.661. The molecule has 0 N–H and O–H groups in total. The van der Waals surface area contributed by atoms with Crippen molar-refractivity contribution in [1.29, 1.82) is 0 Å². The molecule has 310 valence electrons. The first kappa shape index (κ1) is 37.0. The lowest BCUT2D eigenvalue weighted by Gasteiger charge is -2.23. The minimum Gasteiger partial charge on any atom is -0.0610 e. The summed E-state index contributed by atoms with van der Waals surface area (Å²) in [6.45, 7) is 4.79. The molecule has 0 radical (unpaired) electrons. The Morgan fingerprint density at radius 2 is 0.507 bits per heavy atom. The first-order valence-electron chi connectivity index (χ1n) is 23.6. The molecule has 0 atom stereocenters. The van der Waals surface area contributed by atoms with E-state index >= 15 is 0 Å². The summed E-state index contributed by atoms with van der Waals surface area (Å²) in [5.74, 6) is 0. The quantitative estimate of drug-likeness (QED) is 0.155. The topological polar surface area (TPSA) is 0 Å². The van der Waals surface area contributed by atoms with E-state index in [0.717, 1.165) is 0 Å². The standard InChI is InChI=1S/C67H42/c1-67(2)61-37-51(47-13-15-49-35-53(19-17-45(49)33-47)55-27-21-43-11-9-39-5-3-7-41-23-31-59(55)65(43)63(39)41)25-29-57(61)58-30-26-52(38-62(58)67)48-14-16-50-36-54(20-18-46(50)34-48)56-28-22-44-12-10-40-6-4-8-42-24-32-60(56)66(44)64(40)42/h3-38H,1-2H3. The van der Waals surface area contributed by atoms with Crippen LogP contribution in [0.3, 0.4) is 0 Å². The predicted molar refractivity (Wildman–Crippen MR) is 288 cm³/mol. The van der Waals surface area contributed by atoms with Gasteiger partial charge in [-0.2, -0.15) is 0 Å². The molecule has 67 heavy (non-hydrogen) atoms. The summed E-state index contributed by atoms with van der Waals surface area (Å²) in [7, 11) is 0. The molecule has 0 aromatic heterocycles. The van der Waals surface area contributed by atoms with Gasteiger partial charge in [0.2, 0.25) is 0 Å². The molecule has 0 bridgehead atoms. The molecule has 14 aromatic rings. The van der Waals surface area contributed by atoms with Gasteiger partial charge in [0.05, 0.1) is 0 Å². The summed E-state index contributed by atoms with van der Waals surface area (Å²) >= 11 is 0. The van der Waals surface area contributed by atoms with Crippen LogP contribution in [0.1, 0.15) is 25.0 Å². The fourth-order valence-corrected chi connectivity index (χ4v) is 12.3. The van der Waals surface area contributed by atoms with E-state index in [-0.39, 0.29) is 5.41 Å². The van der Waals surface area contributed by atoms with Gasteiger partial charge < -0.3 is 0 Å². The van der Waals surface area contributed by atoms with Gasteiger partial charge >= 0.3 is 0 Å². The smallest absolute Gasteiger partial charge is 0.0159 e. The molecule has 0 fully saturated rings. The van der Waals surface area contributed by atoms with Crippen LogP contribution in [0.4, 0.5) is 0 Å². The van der Waals surface area contributed by atoms with Crippen molar-refractivity contribution in [2.45, 2.75) is 19.3 Å². The van der Waals surface area contributed by atoms with Crippen LogP contribution in [0.2, 0.25) is 0 Å². The van der Waals surface area contributed by atoms with Gasteiger partial charge in [-0.15, -0.1) is 0 Å². The van der Waals surface area contributed by atoms with Crippen molar-refractivity contribution in [3.05, 3.63) is 230 Å². The summed E-state index contributed by atoms with van der Waals surface area (Å²) in [5, 5.41) is 20.9. The molecule has 15 rings (SSSR count). The third-order valence-electron chi connectivity index (χ3n) is 15.7. The highest BCUT2D eigenvalue weighted by molar-refractivity contribution is 6.27. The molecule has 14 aromatic carbocycles. The second-order valence-corrected chi connectivity index (χ2v) is 19.6. The monoisotopic (exact) mass is 846 g/mol. The van der Waals surface area contributed by atoms with Gasteiger partial charge in [-0.25, -0.2) is 0 Å². The third kappa shape index (κ3) is 5.30. The maximum Gasteiger partial charge on any atom is 0.0159 e. The Hall–Kier alpha value is -8.32. The molecule has 0 aliphatic heterocycles. The maximum atomic E-state index is 2.45. The zero-order valence-corrected chi connectivity index (χ0v) is 37.3. The maximum absolute atomic E-state index is 2.45. The van der Waals surface area contributed by atoms with Crippen LogP contribution in [0.5, 0.6) is 0 Å². The van der Waals surface area contributed by atoms with E-state index in [2.05, 4.69) is 232 Å². The van der Waals surface area contributed by atoms with Crippen molar-refractivity contribution in [2.24, 2.45) is 0 Å². The minimum absolute atomic E-state index is 0.143. The van der Waals surface area contributed by atoms with E-state index in [4.69, 9.17) is 0 Å². The van der Waals surface area contributed by atoms with Crippen LogP contribution in [0.15, 0.2) is 218 Å². The number of rotatable bonds is 4. The molecule has 1 aliphatic rings. The zero-order valence-electron chi connectivity index (χ0n) is 37.3. The first-order chi connectivity index (χ1) is 32.9. The van der Waals surface area contributed by atoms with E-state index in [1.165, 1.54) is 153 Å². The molecule has 0 unspecified atom stereocenters. The molecular formula is C67H42. The van der Waals surface area contributed by atoms with Crippen molar-refractivity contribution < 1.29 is 0 Å². The van der Waals surface area contributed by atoms with Gasteiger partial charge in [-0.3, -0.25) is 0 Å². The van der Waals surface area contributed by atoms with Crippen molar-refractivity contribution >= 4 is 86.2 Å². The van der Waals surface area contributed by atoms with Crippen LogP contribution in [-0.2, 0) is 5.41 Å². The van der Waals surface area contributed by atoms with E-state index in [1.54, 1.807) is 0 Å². The minimum atomic E-state index is -0.143. The number of fused-ring (bicyclic) bond motifs is 5. The average molecular weight is 847 g/mol. The zero-order chi connectivity index (χ0) is 44.1. The summed E-state index contributed by atoms with van der Waals surface area (Å²) in [4.78, 5) is 0. The molecule has 0 heteroatoms. The van der Waals surface area contributed by atoms with Crippen molar-refractivity contribution in [2.75, 3.05) is 0 Å². The van der Waals surface area contributed by atoms with Crippen LogP contribution in [0.25, 0.3) is 142 Å². The molecule has 0 amide bonds. The number of benzene rings is 14. The Bertz CT molecular complexity index is 4090. The Morgan fingerprint density at radius 3 is 0.925 bits per heavy atom. The number of hydrogen-bond donors (Lipinski definition) is 0. The van der Waals surface area contributed by atoms with Gasteiger partial charge in [0.15, 0.2) is 0 Å². The highest BCUT2D eigenvalue weighted by atomic mass is 14.4. The van der Waals surface area contributed by atoms with Crippen LogP contribution in [-0.4, -0.2) is 0 Å². The second-order valence-electron chi connectivity index (χ2n) is 19.6. The van der Waals surface area contributed by atoms with E-state index < -0.39 is 0 Å². The van der Waals surface area contributed by atoms with Gasteiger partial charge in [0, 0.05) is 5.41 Å². The van der Waals surface area contributed by atoms with Crippen molar-refractivity contribution in [3.8, 4) is 55.6 Å². The van der Waals surface area contributed by atoms with Crippen molar-refractivity contribution in [3.63, 3.8) is 0 Å². The fraction of sp³-hybridized carbons (Fsp3) is 0.0448. The van der Waals surface area contributed by atoms with Crippen molar-refractivity contribution in [1.82, 2.24) is 0 Å². The Morgan fingerprint density at radius 1 is 0.224 bits per heavy atom. The van der Waals surface area contributed by atoms with Crippen LogP contribution >= 0.6 is 0 Å². The molecule has 0 spiro atoms. The summed E-state index contributed by atoms with van der Waals surface area (Å²) in [6.07, 6.45) is 0. The predicted octanol–water partition coefficient (Wildman–Crippen LogP) is 18.8. The van der Waals surface area contributed by atoms with Gasteiger partial charge in [-0.05, 0) is 189 Å². The molecule has 0 nitrogen and oxygen atoms in total. The molecule has 0 saturated heterocycles. The molecular weight excluding hydrogens is 805 g/mol. The normalized spacial score (nSPS) is 13.3. The SMILES string of the molecule is CC1(C)c2cc(-c3ccc4cc(-c5ccc6ccc7cccc8ccc5c6c78)ccc4c3)ccc2-c2ccc(-c3ccc4cc(-c5ccc6ccc7cccc8ccc5c6c78)ccc4c3)cc21. The first-order valence-corrected chi connectivity index (χ1v) is 23.6. The Labute approximate surface area is 388 Å².